The molecule has 1 aromatic carbocycles. The summed E-state index contributed by atoms with van der Waals surface area (Å²) >= 11 is 0. The van der Waals surface area contributed by atoms with Gasteiger partial charge in [0, 0.05) is 32.1 Å². The summed E-state index contributed by atoms with van der Waals surface area (Å²) in [5.74, 6) is 0.225. The lowest BCUT2D eigenvalue weighted by molar-refractivity contribution is -0.129. The van der Waals surface area contributed by atoms with Crippen LogP contribution in [-0.4, -0.2) is 55.4 Å². The Morgan fingerprint density at radius 3 is 2.42 bits per heavy atom. The van der Waals surface area contributed by atoms with Crippen LogP contribution in [0.2, 0.25) is 0 Å². The second-order valence-corrected chi connectivity index (χ2v) is 6.71. The van der Waals surface area contributed by atoms with E-state index in [1.54, 1.807) is 12.0 Å². The van der Waals surface area contributed by atoms with Gasteiger partial charge >= 0.3 is 0 Å². The molecule has 3 amide bonds. The van der Waals surface area contributed by atoms with Gasteiger partial charge in [-0.1, -0.05) is 12.1 Å². The summed E-state index contributed by atoms with van der Waals surface area (Å²) < 4.78 is 5.08. The van der Waals surface area contributed by atoms with E-state index < -0.39 is 0 Å². The fourth-order valence-corrected chi connectivity index (χ4v) is 2.93. The van der Waals surface area contributed by atoms with E-state index in [9.17, 15) is 14.4 Å². The molecular weight excluding hydrogens is 334 g/mol. The normalized spacial score (nSPS) is 16.7. The van der Waals surface area contributed by atoms with Gasteiger partial charge in [-0.2, -0.15) is 0 Å². The van der Waals surface area contributed by atoms with Crippen LogP contribution in [0, 0.1) is 5.92 Å². The number of rotatable bonds is 8. The average Bonchev–Trinajstić information content (AvgIpc) is 3.01. The van der Waals surface area contributed by atoms with Crippen LogP contribution in [-0.2, 0) is 20.8 Å². The van der Waals surface area contributed by atoms with Gasteiger partial charge in [0.05, 0.1) is 19.4 Å². The van der Waals surface area contributed by atoms with E-state index in [1.165, 1.54) is 0 Å². The molecule has 1 aliphatic rings. The van der Waals surface area contributed by atoms with Crippen LogP contribution in [0.1, 0.15) is 25.8 Å². The molecule has 7 heteroatoms. The Balaban J connectivity index is 1.65. The van der Waals surface area contributed by atoms with Crippen molar-refractivity contribution in [3.8, 4) is 5.75 Å². The molecule has 1 aromatic rings. The Kier molecular flexibility index (Phi) is 7.00. The number of hydrogen-bond acceptors (Lipinski definition) is 4. The fourth-order valence-electron chi connectivity index (χ4n) is 2.93. The number of hydrogen-bond donors (Lipinski definition) is 2. The summed E-state index contributed by atoms with van der Waals surface area (Å²) in [6, 6.07) is 7.42. The lowest BCUT2D eigenvalue weighted by Gasteiger charge is -2.20. The number of carbonyl (C=O) groups excluding carboxylic acids is 3. The van der Waals surface area contributed by atoms with Gasteiger partial charge in [-0.15, -0.1) is 0 Å². The molecule has 0 saturated carbocycles. The molecule has 26 heavy (non-hydrogen) atoms. The number of benzene rings is 1. The number of nitrogens with one attached hydrogen (secondary N) is 2. The Bertz CT molecular complexity index is 643. The third-order valence-corrected chi connectivity index (χ3v) is 4.42. The van der Waals surface area contributed by atoms with Crippen molar-refractivity contribution in [2.24, 2.45) is 5.92 Å². The topological polar surface area (TPSA) is 87.7 Å². The van der Waals surface area contributed by atoms with Crippen LogP contribution in [0.4, 0.5) is 0 Å². The van der Waals surface area contributed by atoms with E-state index in [2.05, 4.69) is 10.6 Å². The van der Waals surface area contributed by atoms with Crippen molar-refractivity contribution in [3.63, 3.8) is 0 Å². The van der Waals surface area contributed by atoms with Gasteiger partial charge in [0.1, 0.15) is 5.75 Å². The van der Waals surface area contributed by atoms with E-state index in [-0.39, 0.29) is 42.5 Å². The molecule has 1 fully saturated rings. The van der Waals surface area contributed by atoms with Crippen LogP contribution in [0.25, 0.3) is 0 Å². The van der Waals surface area contributed by atoms with Gasteiger partial charge in [0.2, 0.25) is 17.7 Å². The largest absolute Gasteiger partial charge is 0.497 e. The summed E-state index contributed by atoms with van der Waals surface area (Å²) in [4.78, 5) is 37.6. The first-order valence-electron chi connectivity index (χ1n) is 8.87. The van der Waals surface area contributed by atoms with E-state index in [1.807, 2.05) is 38.1 Å². The van der Waals surface area contributed by atoms with Gasteiger partial charge in [0.15, 0.2) is 0 Å². The van der Waals surface area contributed by atoms with Gasteiger partial charge < -0.3 is 20.3 Å². The number of amides is 3. The summed E-state index contributed by atoms with van der Waals surface area (Å²) in [5, 5.41) is 5.57. The molecule has 0 radical (unpaired) electrons. The molecule has 1 atom stereocenters. The van der Waals surface area contributed by atoms with Crippen molar-refractivity contribution >= 4 is 17.7 Å². The molecule has 142 valence electrons. The molecule has 0 bridgehead atoms. The molecule has 0 spiro atoms. The SMILES string of the molecule is COc1ccc(CC(=O)NCCNC(=O)C2CC(=O)N(C(C)C)C2)cc1. The van der Waals surface area contributed by atoms with E-state index in [0.29, 0.717) is 19.6 Å². The number of methoxy groups -OCH3 is 1. The Morgan fingerprint density at radius 2 is 1.85 bits per heavy atom. The molecule has 2 N–H and O–H groups in total. The molecule has 1 unspecified atom stereocenters. The number of likely N-dealkylation sites (tertiary alicyclic amines) is 1. The lowest BCUT2D eigenvalue weighted by Crippen LogP contribution is -2.39. The van der Waals surface area contributed by atoms with Crippen molar-refractivity contribution in [2.45, 2.75) is 32.7 Å². The minimum absolute atomic E-state index is 0.0212. The summed E-state index contributed by atoms with van der Waals surface area (Å²) in [7, 11) is 1.60. The molecule has 0 aliphatic carbocycles. The summed E-state index contributed by atoms with van der Waals surface area (Å²) in [5.41, 5.74) is 0.894. The van der Waals surface area contributed by atoms with Gasteiger partial charge in [-0.05, 0) is 31.5 Å². The highest BCUT2D eigenvalue weighted by molar-refractivity contribution is 5.89. The highest BCUT2D eigenvalue weighted by Crippen LogP contribution is 2.20. The van der Waals surface area contributed by atoms with E-state index >= 15 is 0 Å². The first kappa shape index (κ1) is 19.8. The maximum atomic E-state index is 12.1. The van der Waals surface area contributed by atoms with Gasteiger partial charge in [-0.3, -0.25) is 14.4 Å². The monoisotopic (exact) mass is 361 g/mol. The van der Waals surface area contributed by atoms with Crippen LogP contribution in [0.3, 0.4) is 0 Å². The third-order valence-electron chi connectivity index (χ3n) is 4.42. The Labute approximate surface area is 154 Å². The second kappa shape index (κ2) is 9.22. The average molecular weight is 361 g/mol. The van der Waals surface area contributed by atoms with Crippen molar-refractivity contribution in [3.05, 3.63) is 29.8 Å². The van der Waals surface area contributed by atoms with Crippen molar-refractivity contribution in [1.29, 1.82) is 0 Å². The summed E-state index contributed by atoms with van der Waals surface area (Å²) in [6.45, 7) is 5.05. The molecule has 1 aliphatic heterocycles. The van der Waals surface area contributed by atoms with Crippen molar-refractivity contribution in [1.82, 2.24) is 15.5 Å². The minimum Gasteiger partial charge on any atom is -0.497 e. The standard InChI is InChI=1S/C19H27N3O4/c1-13(2)22-12-15(11-18(22)24)19(25)21-9-8-20-17(23)10-14-4-6-16(26-3)7-5-14/h4-7,13,15H,8-12H2,1-3H3,(H,20,23)(H,21,25). The molecule has 0 aromatic heterocycles. The zero-order valence-corrected chi connectivity index (χ0v) is 15.6. The van der Waals surface area contributed by atoms with Crippen LogP contribution >= 0.6 is 0 Å². The highest BCUT2D eigenvalue weighted by atomic mass is 16.5. The van der Waals surface area contributed by atoms with Crippen molar-refractivity contribution in [2.75, 3.05) is 26.7 Å². The smallest absolute Gasteiger partial charge is 0.225 e. The van der Waals surface area contributed by atoms with Gasteiger partial charge in [-0.25, -0.2) is 0 Å². The zero-order chi connectivity index (χ0) is 19.1. The molecular formula is C19H27N3O4. The summed E-state index contributed by atoms with van der Waals surface area (Å²) in [6.07, 6.45) is 0.534. The maximum absolute atomic E-state index is 12.1. The molecule has 7 nitrogen and oxygen atoms in total. The number of carbonyl (C=O) groups is 3. The van der Waals surface area contributed by atoms with Crippen LogP contribution in [0.15, 0.2) is 24.3 Å². The zero-order valence-electron chi connectivity index (χ0n) is 15.6. The van der Waals surface area contributed by atoms with E-state index in [4.69, 9.17) is 4.74 Å². The molecule has 1 heterocycles. The molecule has 2 rings (SSSR count). The van der Waals surface area contributed by atoms with Crippen LogP contribution in [0.5, 0.6) is 5.75 Å². The second-order valence-electron chi connectivity index (χ2n) is 6.71. The predicted molar refractivity (Wildman–Crippen MR) is 97.7 cm³/mol. The lowest BCUT2D eigenvalue weighted by atomic mass is 10.1. The first-order chi connectivity index (χ1) is 12.4. The predicted octanol–water partition coefficient (Wildman–Crippen LogP) is 0.727. The van der Waals surface area contributed by atoms with Crippen molar-refractivity contribution < 1.29 is 19.1 Å². The Morgan fingerprint density at radius 1 is 1.19 bits per heavy atom. The minimum atomic E-state index is -0.306. The number of nitrogens with zero attached hydrogens (tertiary/aromatic N) is 1. The fraction of sp³-hybridized carbons (Fsp3) is 0.526. The molecule has 1 saturated heterocycles. The first-order valence-corrected chi connectivity index (χ1v) is 8.87. The number of ether oxygens (including phenoxy) is 1. The quantitative estimate of drug-likeness (QED) is 0.668. The van der Waals surface area contributed by atoms with E-state index in [0.717, 1.165) is 11.3 Å². The maximum Gasteiger partial charge on any atom is 0.225 e. The highest BCUT2D eigenvalue weighted by Gasteiger charge is 2.35. The third kappa shape index (κ3) is 5.47. The Hall–Kier alpha value is -2.57. The van der Waals surface area contributed by atoms with Gasteiger partial charge in [0.25, 0.3) is 0 Å². The van der Waals surface area contributed by atoms with Crippen LogP contribution < -0.4 is 15.4 Å².